The van der Waals surface area contributed by atoms with Gasteiger partial charge in [-0.15, -0.1) is 0 Å². The predicted molar refractivity (Wildman–Crippen MR) is 97.1 cm³/mol. The Labute approximate surface area is 144 Å². The third kappa shape index (κ3) is 3.26. The van der Waals surface area contributed by atoms with Crippen molar-refractivity contribution in [1.29, 1.82) is 0 Å². The van der Waals surface area contributed by atoms with E-state index in [2.05, 4.69) is 15.6 Å². The van der Waals surface area contributed by atoms with Crippen molar-refractivity contribution in [2.75, 3.05) is 17.7 Å². The van der Waals surface area contributed by atoms with E-state index < -0.39 is 0 Å². The fourth-order valence-corrected chi connectivity index (χ4v) is 2.75. The molecular formula is C18H16ClN3O2. The van der Waals surface area contributed by atoms with E-state index in [9.17, 15) is 4.79 Å². The summed E-state index contributed by atoms with van der Waals surface area (Å²) in [4.78, 5) is 16.8. The van der Waals surface area contributed by atoms with Crippen molar-refractivity contribution in [3.8, 4) is 5.75 Å². The third-order valence-corrected chi connectivity index (χ3v) is 3.81. The van der Waals surface area contributed by atoms with E-state index in [1.165, 1.54) is 7.11 Å². The number of methoxy groups -OCH3 is 1. The van der Waals surface area contributed by atoms with Crippen LogP contribution >= 0.6 is 11.6 Å². The maximum atomic E-state index is 12.4. The maximum Gasteiger partial charge on any atom is 0.323 e. The van der Waals surface area contributed by atoms with Gasteiger partial charge in [0.2, 0.25) is 0 Å². The van der Waals surface area contributed by atoms with Gasteiger partial charge in [0.1, 0.15) is 0 Å². The number of carbonyl (C=O) groups is 1. The van der Waals surface area contributed by atoms with Crippen molar-refractivity contribution < 1.29 is 9.53 Å². The fraction of sp³-hybridized carbons (Fsp3) is 0.111. The lowest BCUT2D eigenvalue weighted by molar-refractivity contribution is 0.262. The van der Waals surface area contributed by atoms with Crippen LogP contribution in [0, 0.1) is 6.92 Å². The second kappa shape index (κ2) is 6.76. The van der Waals surface area contributed by atoms with E-state index in [0.717, 1.165) is 16.6 Å². The number of halogens is 1. The predicted octanol–water partition coefficient (Wildman–Crippen LogP) is 4.85. The Balaban J connectivity index is 1.87. The van der Waals surface area contributed by atoms with Gasteiger partial charge >= 0.3 is 6.03 Å². The standard InChI is InChI=1S/C18H16ClN3O2/c1-11-10-16(12-6-3-4-8-14(12)20-11)22-18(23)21-15-9-5-7-13(19)17(15)24-2/h3-10H,1-2H3,(H2,20,21,22,23). The van der Waals surface area contributed by atoms with E-state index >= 15 is 0 Å². The highest BCUT2D eigenvalue weighted by Gasteiger charge is 2.12. The number of aryl methyl sites for hydroxylation is 1. The second-order valence-corrected chi connectivity index (χ2v) is 5.64. The van der Waals surface area contributed by atoms with Gasteiger partial charge in [0, 0.05) is 11.1 Å². The summed E-state index contributed by atoms with van der Waals surface area (Å²) in [7, 11) is 1.50. The Hall–Kier alpha value is -2.79. The molecule has 0 aliphatic carbocycles. The van der Waals surface area contributed by atoms with E-state index in [4.69, 9.17) is 16.3 Å². The molecule has 0 fully saturated rings. The molecule has 122 valence electrons. The SMILES string of the molecule is COc1c(Cl)cccc1NC(=O)Nc1cc(C)nc2ccccc12. The highest BCUT2D eigenvalue weighted by Crippen LogP contribution is 2.32. The topological polar surface area (TPSA) is 63.2 Å². The van der Waals surface area contributed by atoms with Gasteiger partial charge in [-0.25, -0.2) is 4.79 Å². The first-order chi connectivity index (χ1) is 11.6. The van der Waals surface area contributed by atoms with Crippen molar-refractivity contribution in [1.82, 2.24) is 4.98 Å². The molecule has 0 radical (unpaired) electrons. The highest BCUT2D eigenvalue weighted by atomic mass is 35.5. The molecule has 5 nitrogen and oxygen atoms in total. The second-order valence-electron chi connectivity index (χ2n) is 5.23. The number of pyridine rings is 1. The van der Waals surface area contributed by atoms with Crippen LogP contribution in [0.1, 0.15) is 5.69 Å². The highest BCUT2D eigenvalue weighted by molar-refractivity contribution is 6.32. The number of rotatable bonds is 3. The van der Waals surface area contributed by atoms with Gasteiger partial charge in [-0.2, -0.15) is 0 Å². The quantitative estimate of drug-likeness (QED) is 0.715. The number of amides is 2. The lowest BCUT2D eigenvalue weighted by atomic mass is 10.1. The lowest BCUT2D eigenvalue weighted by Crippen LogP contribution is -2.20. The first kappa shape index (κ1) is 16.1. The molecular weight excluding hydrogens is 326 g/mol. The first-order valence-electron chi connectivity index (χ1n) is 7.35. The molecule has 24 heavy (non-hydrogen) atoms. The Kier molecular flexibility index (Phi) is 4.53. The normalized spacial score (nSPS) is 10.5. The number of hydrogen-bond acceptors (Lipinski definition) is 3. The number of anilines is 2. The number of urea groups is 1. The molecule has 1 heterocycles. The summed E-state index contributed by atoms with van der Waals surface area (Å²) < 4.78 is 5.23. The molecule has 0 saturated carbocycles. The molecule has 0 atom stereocenters. The van der Waals surface area contributed by atoms with Gasteiger partial charge in [0.05, 0.1) is 29.0 Å². The van der Waals surface area contributed by atoms with E-state index in [1.54, 1.807) is 18.2 Å². The monoisotopic (exact) mass is 341 g/mol. The molecule has 2 N–H and O–H groups in total. The minimum Gasteiger partial charge on any atom is -0.493 e. The Bertz CT molecular complexity index is 912. The van der Waals surface area contributed by atoms with Crippen molar-refractivity contribution in [2.24, 2.45) is 0 Å². The Morgan fingerprint density at radius 1 is 1.08 bits per heavy atom. The van der Waals surface area contributed by atoms with Crippen molar-refractivity contribution in [2.45, 2.75) is 6.92 Å². The molecule has 1 aromatic heterocycles. The minimum atomic E-state index is -0.383. The van der Waals surface area contributed by atoms with Gasteiger partial charge in [0.15, 0.2) is 5.75 Å². The van der Waals surface area contributed by atoms with Crippen molar-refractivity contribution in [3.05, 3.63) is 59.2 Å². The smallest absolute Gasteiger partial charge is 0.323 e. The van der Waals surface area contributed by atoms with Crippen LogP contribution in [0.4, 0.5) is 16.2 Å². The lowest BCUT2D eigenvalue weighted by Gasteiger charge is -2.13. The molecule has 0 spiro atoms. The van der Waals surface area contributed by atoms with Gasteiger partial charge < -0.3 is 15.4 Å². The molecule has 0 aliphatic heterocycles. The molecule has 0 unspecified atom stereocenters. The number of carbonyl (C=O) groups excluding carboxylic acids is 1. The fourth-order valence-electron chi connectivity index (χ4n) is 2.50. The Morgan fingerprint density at radius 3 is 2.62 bits per heavy atom. The van der Waals surface area contributed by atoms with Gasteiger partial charge in [-0.05, 0) is 31.2 Å². The molecule has 2 aromatic carbocycles. The van der Waals surface area contributed by atoms with Crippen LogP contribution in [0.5, 0.6) is 5.75 Å². The van der Waals surface area contributed by atoms with E-state index in [1.807, 2.05) is 37.3 Å². The summed E-state index contributed by atoms with van der Waals surface area (Å²) in [6, 6.07) is 14.2. The molecule has 0 aliphatic rings. The third-order valence-electron chi connectivity index (χ3n) is 3.51. The van der Waals surface area contributed by atoms with Crippen LogP contribution in [-0.2, 0) is 0 Å². The molecule has 3 aromatic rings. The summed E-state index contributed by atoms with van der Waals surface area (Å²) >= 11 is 6.07. The molecule has 0 bridgehead atoms. The summed E-state index contributed by atoms with van der Waals surface area (Å²) in [5, 5.41) is 6.91. The number of fused-ring (bicyclic) bond motifs is 1. The van der Waals surface area contributed by atoms with Crippen LogP contribution in [0.3, 0.4) is 0 Å². The molecule has 0 saturated heterocycles. The Morgan fingerprint density at radius 2 is 1.83 bits per heavy atom. The maximum absolute atomic E-state index is 12.4. The summed E-state index contributed by atoms with van der Waals surface area (Å²) in [6.07, 6.45) is 0. The zero-order valence-corrected chi connectivity index (χ0v) is 14.0. The number of aromatic nitrogens is 1. The van der Waals surface area contributed by atoms with Crippen molar-refractivity contribution >= 4 is 39.9 Å². The van der Waals surface area contributed by atoms with Crippen LogP contribution in [0.2, 0.25) is 5.02 Å². The van der Waals surface area contributed by atoms with Crippen LogP contribution < -0.4 is 15.4 Å². The molecule has 2 amide bonds. The van der Waals surface area contributed by atoms with Gasteiger partial charge in [-0.1, -0.05) is 35.9 Å². The largest absolute Gasteiger partial charge is 0.493 e. The molecule has 3 rings (SSSR count). The summed E-state index contributed by atoms with van der Waals surface area (Å²) in [5.74, 6) is 0.421. The van der Waals surface area contributed by atoms with E-state index in [0.29, 0.717) is 22.1 Å². The zero-order valence-electron chi connectivity index (χ0n) is 13.3. The van der Waals surface area contributed by atoms with Crippen molar-refractivity contribution in [3.63, 3.8) is 0 Å². The minimum absolute atomic E-state index is 0.383. The number of para-hydroxylation sites is 2. The van der Waals surface area contributed by atoms with E-state index in [-0.39, 0.29) is 6.03 Å². The molecule has 6 heteroatoms. The number of benzene rings is 2. The van der Waals surface area contributed by atoms with Crippen LogP contribution in [0.15, 0.2) is 48.5 Å². The average molecular weight is 342 g/mol. The van der Waals surface area contributed by atoms with Gasteiger partial charge in [0.25, 0.3) is 0 Å². The average Bonchev–Trinajstić information content (AvgIpc) is 2.55. The number of ether oxygens (including phenoxy) is 1. The summed E-state index contributed by atoms with van der Waals surface area (Å²) in [6.45, 7) is 1.88. The summed E-state index contributed by atoms with van der Waals surface area (Å²) in [5.41, 5.74) is 2.84. The first-order valence-corrected chi connectivity index (χ1v) is 7.73. The van der Waals surface area contributed by atoms with Gasteiger partial charge in [-0.3, -0.25) is 4.98 Å². The zero-order chi connectivity index (χ0) is 17.1. The van der Waals surface area contributed by atoms with Crippen LogP contribution in [0.25, 0.3) is 10.9 Å². The number of nitrogens with zero attached hydrogens (tertiary/aromatic N) is 1. The number of nitrogens with one attached hydrogen (secondary N) is 2. The number of hydrogen-bond donors (Lipinski definition) is 2. The van der Waals surface area contributed by atoms with Crippen LogP contribution in [-0.4, -0.2) is 18.1 Å².